The zero-order chi connectivity index (χ0) is 24.3. The fourth-order valence-electron chi connectivity index (χ4n) is 2.40. The molecule has 0 unspecified atom stereocenters. The van der Waals surface area contributed by atoms with Gasteiger partial charge in [0.2, 0.25) is 0 Å². The lowest BCUT2D eigenvalue weighted by molar-refractivity contribution is -0.137. The molecule has 0 aliphatic heterocycles. The van der Waals surface area contributed by atoms with E-state index in [2.05, 4.69) is 10.5 Å². The molecule has 6 nitrogen and oxygen atoms in total. The molecule has 1 amide bonds. The fourth-order valence-corrected chi connectivity index (χ4v) is 4.06. The molecule has 0 radical (unpaired) electrons. The summed E-state index contributed by atoms with van der Waals surface area (Å²) in [6, 6.07) is 9.72. The van der Waals surface area contributed by atoms with Gasteiger partial charge in [0.25, 0.3) is 15.9 Å². The second kappa shape index (κ2) is 9.50. The Balaban J connectivity index is 2.51. The molecule has 0 spiro atoms. The van der Waals surface area contributed by atoms with E-state index in [1.54, 1.807) is 13.0 Å². The third-order valence-electron chi connectivity index (χ3n) is 4.60. The maximum atomic E-state index is 13.3. The number of anilines is 1. The molecular weight excluding hydrogens is 467 g/mol. The van der Waals surface area contributed by atoms with Crippen molar-refractivity contribution < 1.29 is 26.4 Å². The number of carbonyl (C=O) groups is 1. The predicted molar refractivity (Wildman–Crippen MR) is 118 cm³/mol. The van der Waals surface area contributed by atoms with Crippen LogP contribution < -0.4 is 9.73 Å². The van der Waals surface area contributed by atoms with Crippen LogP contribution in [0.2, 0.25) is 5.02 Å². The quantitative estimate of drug-likeness (QED) is 0.453. The summed E-state index contributed by atoms with van der Waals surface area (Å²) < 4.78 is 67.0. The van der Waals surface area contributed by atoms with Gasteiger partial charge in [0.15, 0.2) is 0 Å². The molecule has 0 aliphatic rings. The van der Waals surface area contributed by atoms with E-state index in [1.807, 2.05) is 20.8 Å². The fraction of sp³-hybridized carbons (Fsp3) is 0.333. The Morgan fingerprint density at radius 3 is 2.22 bits per heavy atom. The second-order valence-electron chi connectivity index (χ2n) is 7.97. The molecule has 0 aliphatic carbocycles. The number of nitrogens with zero attached hydrogens (tertiary/aromatic N) is 2. The van der Waals surface area contributed by atoms with Crippen LogP contribution in [-0.2, 0) is 21.0 Å². The van der Waals surface area contributed by atoms with Crippen LogP contribution in [0, 0.1) is 5.41 Å². The van der Waals surface area contributed by atoms with E-state index in [9.17, 15) is 26.4 Å². The van der Waals surface area contributed by atoms with Crippen molar-refractivity contribution in [3.8, 4) is 0 Å². The Morgan fingerprint density at radius 2 is 1.69 bits per heavy atom. The summed E-state index contributed by atoms with van der Waals surface area (Å²) in [5, 5.41) is 3.37. The van der Waals surface area contributed by atoms with Crippen molar-refractivity contribution in [2.24, 2.45) is 10.5 Å². The van der Waals surface area contributed by atoms with Gasteiger partial charge in [-0.2, -0.15) is 18.3 Å². The van der Waals surface area contributed by atoms with Crippen LogP contribution in [0.4, 0.5) is 18.9 Å². The van der Waals surface area contributed by atoms with Crippen LogP contribution >= 0.6 is 11.6 Å². The molecule has 0 saturated heterocycles. The highest BCUT2D eigenvalue weighted by atomic mass is 35.5. The summed E-state index contributed by atoms with van der Waals surface area (Å²) in [6.45, 7) is 6.51. The molecule has 0 atom stereocenters. The molecule has 11 heteroatoms. The van der Waals surface area contributed by atoms with Crippen molar-refractivity contribution in [1.29, 1.82) is 0 Å². The summed E-state index contributed by atoms with van der Waals surface area (Å²) in [5.41, 5.74) is 0.916. The predicted octanol–water partition coefficient (Wildman–Crippen LogP) is 5.09. The first-order valence-electron chi connectivity index (χ1n) is 9.42. The van der Waals surface area contributed by atoms with Crippen molar-refractivity contribution in [2.45, 2.75) is 38.8 Å². The first kappa shape index (κ1) is 25.7. The minimum Gasteiger partial charge on any atom is -0.271 e. The standard InChI is InChI=1S/C21H23ClF3N3O3S/c1-14(20(2,3)4)26-27-19(29)13-28(32(30,31)16-8-6-5-7-9-16)15-10-11-18(22)17(12-15)21(23,24)25/h5-12H,13H2,1-4H3,(H,27,29)/b26-14-. The van der Waals surface area contributed by atoms with Gasteiger partial charge in [-0.1, -0.05) is 50.6 Å². The van der Waals surface area contributed by atoms with Crippen molar-refractivity contribution in [2.75, 3.05) is 10.8 Å². The maximum absolute atomic E-state index is 13.3. The number of amides is 1. The minimum absolute atomic E-state index is 0.189. The number of carbonyl (C=O) groups excluding carboxylic acids is 1. The monoisotopic (exact) mass is 489 g/mol. The van der Waals surface area contributed by atoms with Crippen LogP contribution in [0.3, 0.4) is 0 Å². The molecule has 0 heterocycles. The number of hydrogen-bond donors (Lipinski definition) is 1. The van der Waals surface area contributed by atoms with E-state index < -0.39 is 39.2 Å². The van der Waals surface area contributed by atoms with Crippen LogP contribution in [0.15, 0.2) is 58.5 Å². The summed E-state index contributed by atoms with van der Waals surface area (Å²) in [7, 11) is -4.38. The minimum atomic E-state index is -4.81. The van der Waals surface area contributed by atoms with Crippen LogP contribution in [0.5, 0.6) is 0 Å². The first-order chi connectivity index (χ1) is 14.6. The van der Waals surface area contributed by atoms with Crippen LogP contribution in [0.1, 0.15) is 33.3 Å². The van der Waals surface area contributed by atoms with Gasteiger partial charge in [-0.25, -0.2) is 13.8 Å². The Hall–Kier alpha value is -2.59. The smallest absolute Gasteiger partial charge is 0.271 e. The molecule has 174 valence electrons. The molecule has 1 N–H and O–H groups in total. The topological polar surface area (TPSA) is 78.8 Å². The molecule has 0 aromatic heterocycles. The summed E-state index contributed by atoms with van der Waals surface area (Å²) in [5.74, 6) is -0.823. The largest absolute Gasteiger partial charge is 0.417 e. The number of hydrazone groups is 1. The molecule has 0 saturated carbocycles. The molecule has 2 aromatic rings. The van der Waals surface area contributed by atoms with Gasteiger partial charge >= 0.3 is 6.18 Å². The van der Waals surface area contributed by atoms with Crippen molar-refractivity contribution in [1.82, 2.24) is 5.43 Å². The van der Waals surface area contributed by atoms with E-state index in [4.69, 9.17) is 11.6 Å². The van der Waals surface area contributed by atoms with E-state index >= 15 is 0 Å². The third kappa shape index (κ3) is 6.23. The number of alkyl halides is 3. The van der Waals surface area contributed by atoms with E-state index in [0.717, 1.165) is 12.1 Å². The molecule has 0 fully saturated rings. The number of nitrogens with one attached hydrogen (secondary N) is 1. The number of hydrogen-bond acceptors (Lipinski definition) is 4. The molecule has 2 aromatic carbocycles. The Bertz CT molecular complexity index is 1110. The van der Waals surface area contributed by atoms with Gasteiger partial charge in [0.1, 0.15) is 6.54 Å². The third-order valence-corrected chi connectivity index (χ3v) is 6.71. The zero-order valence-corrected chi connectivity index (χ0v) is 19.4. The second-order valence-corrected chi connectivity index (χ2v) is 10.2. The Kier molecular flexibility index (Phi) is 7.62. The molecular formula is C21H23ClF3N3O3S. The zero-order valence-electron chi connectivity index (χ0n) is 17.9. The number of sulfonamides is 1. The molecule has 2 rings (SSSR count). The Labute approximate surface area is 190 Å². The van der Waals surface area contributed by atoms with E-state index in [0.29, 0.717) is 16.1 Å². The van der Waals surface area contributed by atoms with Gasteiger partial charge in [0, 0.05) is 11.1 Å². The van der Waals surface area contributed by atoms with E-state index in [-0.39, 0.29) is 16.0 Å². The van der Waals surface area contributed by atoms with Gasteiger partial charge in [-0.3, -0.25) is 9.10 Å². The van der Waals surface area contributed by atoms with Gasteiger partial charge < -0.3 is 0 Å². The molecule has 0 bridgehead atoms. The first-order valence-corrected chi connectivity index (χ1v) is 11.2. The van der Waals surface area contributed by atoms with Gasteiger partial charge in [-0.15, -0.1) is 0 Å². The summed E-state index contributed by atoms with van der Waals surface area (Å²) in [6.07, 6.45) is -4.81. The van der Waals surface area contributed by atoms with Crippen molar-refractivity contribution in [3.63, 3.8) is 0 Å². The summed E-state index contributed by atoms with van der Waals surface area (Å²) in [4.78, 5) is 12.3. The lowest BCUT2D eigenvalue weighted by Gasteiger charge is -2.25. The normalized spacial score (nSPS) is 13.1. The highest BCUT2D eigenvalue weighted by molar-refractivity contribution is 7.92. The van der Waals surface area contributed by atoms with Crippen LogP contribution in [-0.4, -0.2) is 26.6 Å². The van der Waals surface area contributed by atoms with Gasteiger partial charge in [-0.05, 0) is 37.3 Å². The lowest BCUT2D eigenvalue weighted by Crippen LogP contribution is -2.40. The lowest BCUT2D eigenvalue weighted by atomic mass is 9.91. The number of halogens is 4. The average Bonchev–Trinajstić information content (AvgIpc) is 2.69. The Morgan fingerprint density at radius 1 is 1.09 bits per heavy atom. The van der Waals surface area contributed by atoms with Crippen molar-refractivity contribution >= 4 is 38.9 Å². The number of benzene rings is 2. The van der Waals surface area contributed by atoms with Gasteiger partial charge in [0.05, 0.1) is 21.2 Å². The highest BCUT2D eigenvalue weighted by Gasteiger charge is 2.35. The molecule has 32 heavy (non-hydrogen) atoms. The average molecular weight is 490 g/mol. The number of rotatable bonds is 6. The SMILES string of the molecule is C/C(=N/NC(=O)CN(c1ccc(Cl)c(C(F)(F)F)c1)S(=O)(=O)c1ccccc1)C(C)(C)C. The van der Waals surface area contributed by atoms with Crippen molar-refractivity contribution in [3.05, 3.63) is 59.1 Å². The van der Waals surface area contributed by atoms with E-state index in [1.165, 1.54) is 24.3 Å². The highest BCUT2D eigenvalue weighted by Crippen LogP contribution is 2.38. The van der Waals surface area contributed by atoms with Crippen LogP contribution in [0.25, 0.3) is 0 Å². The maximum Gasteiger partial charge on any atom is 0.417 e. The summed E-state index contributed by atoms with van der Waals surface area (Å²) >= 11 is 5.66.